The molecule has 0 amide bonds. The maximum Gasteiger partial charge on any atom is 0.0587 e. The van der Waals surface area contributed by atoms with Crippen LogP contribution in [-0.2, 0) is 0 Å². The number of benzene rings is 1. The van der Waals surface area contributed by atoms with Gasteiger partial charge in [0.2, 0.25) is 0 Å². The van der Waals surface area contributed by atoms with Crippen molar-refractivity contribution in [2.45, 2.75) is 45.4 Å². The third-order valence-electron chi connectivity index (χ3n) is 2.64. The van der Waals surface area contributed by atoms with Gasteiger partial charge in [-0.1, -0.05) is 52.0 Å². The number of hydrogen-bond acceptors (Lipinski definition) is 0. The smallest absolute Gasteiger partial charge is 0.0587 e. The quantitative estimate of drug-likeness (QED) is 0.622. The van der Waals surface area contributed by atoms with Crippen LogP contribution >= 0.6 is 11.6 Å². The third-order valence-corrected chi connectivity index (χ3v) is 3.07. The van der Waals surface area contributed by atoms with Crippen LogP contribution in [0.1, 0.15) is 56.5 Å². The Hall–Kier alpha value is -0.490. The van der Waals surface area contributed by atoms with Gasteiger partial charge in [-0.3, -0.25) is 0 Å². The Kier molecular flexibility index (Phi) is 4.66. The highest BCUT2D eigenvalue weighted by Crippen LogP contribution is 2.28. The fraction of sp³-hybridized carbons (Fsp3) is 0.571. The minimum absolute atomic E-state index is 0.159. The summed E-state index contributed by atoms with van der Waals surface area (Å²) >= 11 is 6.33. The first kappa shape index (κ1) is 12.6. The Morgan fingerprint density at radius 1 is 0.933 bits per heavy atom. The molecule has 1 heteroatoms. The maximum absolute atomic E-state index is 6.33. The highest BCUT2D eigenvalue weighted by molar-refractivity contribution is 6.20. The van der Waals surface area contributed by atoms with E-state index in [-0.39, 0.29) is 5.38 Å². The normalized spacial score (nSPS) is 13.5. The Morgan fingerprint density at radius 3 is 1.80 bits per heavy atom. The lowest BCUT2D eigenvalue weighted by Gasteiger charge is -2.13. The Labute approximate surface area is 98.7 Å². The molecule has 0 spiro atoms. The Morgan fingerprint density at radius 2 is 1.40 bits per heavy atom. The second-order valence-electron chi connectivity index (χ2n) is 4.92. The molecule has 0 saturated heterocycles. The first-order valence-corrected chi connectivity index (χ1v) is 6.18. The molecule has 0 aliphatic rings. The van der Waals surface area contributed by atoms with E-state index in [1.165, 1.54) is 11.1 Å². The van der Waals surface area contributed by atoms with Crippen LogP contribution in [-0.4, -0.2) is 0 Å². The largest absolute Gasteiger partial charge is 0.118 e. The maximum atomic E-state index is 6.33. The van der Waals surface area contributed by atoms with Gasteiger partial charge in [-0.2, -0.15) is 0 Å². The molecule has 15 heavy (non-hydrogen) atoms. The molecule has 0 aliphatic heterocycles. The molecule has 0 bridgehead atoms. The van der Waals surface area contributed by atoms with Crippen molar-refractivity contribution in [2.75, 3.05) is 0 Å². The minimum Gasteiger partial charge on any atom is -0.118 e. The van der Waals surface area contributed by atoms with E-state index in [0.29, 0.717) is 11.8 Å². The summed E-state index contributed by atoms with van der Waals surface area (Å²) in [6.07, 6.45) is 1.04. The van der Waals surface area contributed by atoms with E-state index >= 15 is 0 Å². The second-order valence-corrected chi connectivity index (χ2v) is 5.45. The van der Waals surface area contributed by atoms with Gasteiger partial charge in [-0.25, -0.2) is 0 Å². The van der Waals surface area contributed by atoms with Gasteiger partial charge in [0.05, 0.1) is 5.38 Å². The van der Waals surface area contributed by atoms with Gasteiger partial charge < -0.3 is 0 Å². The molecular weight excluding hydrogens is 204 g/mol. The van der Waals surface area contributed by atoms with Crippen molar-refractivity contribution >= 4 is 11.6 Å². The van der Waals surface area contributed by atoms with Crippen molar-refractivity contribution in [3.63, 3.8) is 0 Å². The molecule has 0 N–H and O–H groups in total. The molecule has 0 saturated carbocycles. The van der Waals surface area contributed by atoms with E-state index in [4.69, 9.17) is 11.6 Å². The topological polar surface area (TPSA) is 0 Å². The number of halogens is 1. The van der Waals surface area contributed by atoms with E-state index in [0.717, 1.165) is 6.42 Å². The van der Waals surface area contributed by atoms with Gasteiger partial charge in [0, 0.05) is 0 Å². The predicted octanol–water partition coefficient (Wildman–Crippen LogP) is 5.14. The number of alkyl halides is 1. The molecule has 1 rings (SSSR count). The molecule has 1 atom stereocenters. The van der Waals surface area contributed by atoms with Crippen molar-refractivity contribution in [2.24, 2.45) is 5.92 Å². The summed E-state index contributed by atoms with van der Waals surface area (Å²) < 4.78 is 0. The molecule has 0 fully saturated rings. The second kappa shape index (κ2) is 5.55. The van der Waals surface area contributed by atoms with Gasteiger partial charge >= 0.3 is 0 Å². The zero-order valence-electron chi connectivity index (χ0n) is 10.1. The van der Waals surface area contributed by atoms with Crippen LogP contribution in [0.4, 0.5) is 0 Å². The minimum atomic E-state index is 0.159. The average Bonchev–Trinajstić information content (AvgIpc) is 2.17. The third kappa shape index (κ3) is 3.87. The van der Waals surface area contributed by atoms with Crippen LogP contribution in [0, 0.1) is 5.92 Å². The summed E-state index contributed by atoms with van der Waals surface area (Å²) in [4.78, 5) is 0. The van der Waals surface area contributed by atoms with Gasteiger partial charge in [0.25, 0.3) is 0 Å². The van der Waals surface area contributed by atoms with E-state index in [2.05, 4.69) is 52.0 Å². The zero-order valence-corrected chi connectivity index (χ0v) is 10.9. The SMILES string of the molecule is CC(C)CC(Cl)c1ccc(C(C)C)cc1. The summed E-state index contributed by atoms with van der Waals surface area (Å²) in [5.74, 6) is 1.25. The molecule has 84 valence electrons. The molecule has 1 aromatic carbocycles. The lowest BCUT2D eigenvalue weighted by Crippen LogP contribution is -1.97. The predicted molar refractivity (Wildman–Crippen MR) is 68.6 cm³/mol. The molecule has 1 aromatic rings. The number of hydrogen-bond donors (Lipinski definition) is 0. The molecule has 0 aromatic heterocycles. The Bertz CT molecular complexity index is 285. The van der Waals surface area contributed by atoms with Crippen LogP contribution in [0.5, 0.6) is 0 Å². The number of rotatable bonds is 4. The van der Waals surface area contributed by atoms with Crippen LogP contribution in [0.2, 0.25) is 0 Å². The van der Waals surface area contributed by atoms with Gasteiger partial charge in [-0.15, -0.1) is 11.6 Å². The van der Waals surface area contributed by atoms with Crippen LogP contribution in [0.25, 0.3) is 0 Å². The summed E-state index contributed by atoms with van der Waals surface area (Å²) in [7, 11) is 0. The van der Waals surface area contributed by atoms with Crippen LogP contribution in [0.3, 0.4) is 0 Å². The molecule has 0 aliphatic carbocycles. The molecule has 1 unspecified atom stereocenters. The van der Waals surface area contributed by atoms with E-state index in [1.807, 2.05) is 0 Å². The molecular formula is C14H21Cl. The first-order valence-electron chi connectivity index (χ1n) is 5.74. The zero-order chi connectivity index (χ0) is 11.4. The van der Waals surface area contributed by atoms with Gasteiger partial charge in [0.1, 0.15) is 0 Å². The van der Waals surface area contributed by atoms with E-state index in [1.54, 1.807) is 0 Å². The molecule has 0 radical (unpaired) electrons. The summed E-state index contributed by atoms with van der Waals surface area (Å²) in [5, 5.41) is 0.159. The van der Waals surface area contributed by atoms with Crippen molar-refractivity contribution in [1.82, 2.24) is 0 Å². The monoisotopic (exact) mass is 224 g/mol. The fourth-order valence-electron chi connectivity index (χ4n) is 1.64. The Balaban J connectivity index is 2.71. The van der Waals surface area contributed by atoms with Crippen LogP contribution in [0.15, 0.2) is 24.3 Å². The van der Waals surface area contributed by atoms with E-state index < -0.39 is 0 Å². The van der Waals surface area contributed by atoms with Crippen molar-refractivity contribution in [3.8, 4) is 0 Å². The molecule has 0 heterocycles. The standard InChI is InChI=1S/C14H21Cl/c1-10(2)9-14(15)13-7-5-12(6-8-13)11(3)4/h5-8,10-11,14H,9H2,1-4H3. The average molecular weight is 225 g/mol. The van der Waals surface area contributed by atoms with Crippen molar-refractivity contribution < 1.29 is 0 Å². The van der Waals surface area contributed by atoms with Crippen molar-refractivity contribution in [3.05, 3.63) is 35.4 Å². The van der Waals surface area contributed by atoms with E-state index in [9.17, 15) is 0 Å². The molecule has 0 nitrogen and oxygen atoms in total. The summed E-state index contributed by atoms with van der Waals surface area (Å²) in [6.45, 7) is 8.83. The summed E-state index contributed by atoms with van der Waals surface area (Å²) in [5.41, 5.74) is 2.63. The summed E-state index contributed by atoms with van der Waals surface area (Å²) in [6, 6.07) is 8.70. The fourth-order valence-corrected chi connectivity index (χ4v) is 2.14. The lowest BCUT2D eigenvalue weighted by molar-refractivity contribution is 0.575. The highest BCUT2D eigenvalue weighted by Gasteiger charge is 2.10. The van der Waals surface area contributed by atoms with Crippen LogP contribution < -0.4 is 0 Å². The van der Waals surface area contributed by atoms with Crippen molar-refractivity contribution in [1.29, 1.82) is 0 Å². The first-order chi connectivity index (χ1) is 7.00. The van der Waals surface area contributed by atoms with Gasteiger partial charge in [0.15, 0.2) is 0 Å². The lowest BCUT2D eigenvalue weighted by atomic mass is 9.98. The van der Waals surface area contributed by atoms with Gasteiger partial charge in [-0.05, 0) is 29.4 Å². The highest BCUT2D eigenvalue weighted by atomic mass is 35.5.